The lowest BCUT2D eigenvalue weighted by atomic mass is 9.98. The van der Waals surface area contributed by atoms with Crippen LogP contribution in [0.2, 0.25) is 0 Å². The number of anilines is 1. The molecule has 0 bridgehead atoms. The molecule has 1 atom stereocenters. The first-order valence-corrected chi connectivity index (χ1v) is 10.6. The van der Waals surface area contributed by atoms with Gasteiger partial charge < -0.3 is 10.6 Å². The van der Waals surface area contributed by atoms with Crippen LogP contribution in [0.25, 0.3) is 0 Å². The lowest BCUT2D eigenvalue weighted by Crippen LogP contribution is -2.30. The molecular weight excluding hydrogens is 380 g/mol. The van der Waals surface area contributed by atoms with Gasteiger partial charge in [0, 0.05) is 22.6 Å². The quantitative estimate of drug-likeness (QED) is 0.642. The first kappa shape index (κ1) is 19.3. The summed E-state index contributed by atoms with van der Waals surface area (Å²) < 4.78 is 0. The average molecular weight is 403 g/mol. The van der Waals surface area contributed by atoms with Gasteiger partial charge in [-0.3, -0.25) is 9.59 Å². The SMILES string of the molecule is O=C1CCSc2ccc(C(=O)NC(Cc3ccccc3)c3ccccc3)cc2N1. The van der Waals surface area contributed by atoms with Gasteiger partial charge in [-0.2, -0.15) is 0 Å². The van der Waals surface area contributed by atoms with Gasteiger partial charge >= 0.3 is 0 Å². The molecule has 0 aromatic heterocycles. The minimum absolute atomic E-state index is 0.0138. The monoisotopic (exact) mass is 402 g/mol. The molecule has 0 aliphatic carbocycles. The third-order valence-corrected chi connectivity index (χ3v) is 5.97. The highest BCUT2D eigenvalue weighted by molar-refractivity contribution is 7.99. The van der Waals surface area contributed by atoms with Gasteiger partial charge in [0.25, 0.3) is 5.91 Å². The van der Waals surface area contributed by atoms with Crippen molar-refractivity contribution in [3.63, 3.8) is 0 Å². The number of hydrogen-bond donors (Lipinski definition) is 2. The molecular formula is C24H22N2O2S. The third kappa shape index (κ3) is 4.87. The van der Waals surface area contributed by atoms with Gasteiger partial charge in [0.15, 0.2) is 0 Å². The van der Waals surface area contributed by atoms with Crippen molar-refractivity contribution in [2.24, 2.45) is 0 Å². The Balaban J connectivity index is 1.57. The van der Waals surface area contributed by atoms with Crippen LogP contribution in [0.1, 0.15) is 33.9 Å². The Labute approximate surface area is 174 Å². The topological polar surface area (TPSA) is 58.2 Å². The molecule has 0 radical (unpaired) electrons. The Morgan fingerprint density at radius 2 is 1.72 bits per heavy atom. The van der Waals surface area contributed by atoms with E-state index in [1.807, 2.05) is 60.7 Å². The van der Waals surface area contributed by atoms with Crippen molar-refractivity contribution in [2.75, 3.05) is 11.1 Å². The van der Waals surface area contributed by atoms with E-state index in [9.17, 15) is 9.59 Å². The second-order valence-corrected chi connectivity index (χ2v) is 8.12. The molecule has 1 aliphatic heterocycles. The fourth-order valence-electron chi connectivity index (χ4n) is 3.39. The summed E-state index contributed by atoms with van der Waals surface area (Å²) in [5.74, 6) is 0.582. The number of carbonyl (C=O) groups is 2. The molecule has 2 amide bonds. The van der Waals surface area contributed by atoms with Crippen molar-refractivity contribution in [2.45, 2.75) is 23.8 Å². The van der Waals surface area contributed by atoms with Crippen molar-refractivity contribution in [3.8, 4) is 0 Å². The van der Waals surface area contributed by atoms with Crippen LogP contribution in [0.3, 0.4) is 0 Å². The molecule has 0 saturated carbocycles. The average Bonchev–Trinajstić information content (AvgIpc) is 2.94. The first-order valence-electron chi connectivity index (χ1n) is 9.65. The minimum atomic E-state index is -0.152. The number of nitrogens with one attached hydrogen (secondary N) is 2. The van der Waals surface area contributed by atoms with Crippen LogP contribution >= 0.6 is 11.8 Å². The van der Waals surface area contributed by atoms with Crippen LogP contribution < -0.4 is 10.6 Å². The second kappa shape index (κ2) is 8.97. The number of carbonyl (C=O) groups excluding carboxylic acids is 2. The van der Waals surface area contributed by atoms with E-state index >= 15 is 0 Å². The molecule has 0 fully saturated rings. The number of benzene rings is 3. The van der Waals surface area contributed by atoms with Crippen molar-refractivity contribution in [3.05, 3.63) is 95.6 Å². The molecule has 1 heterocycles. The summed E-state index contributed by atoms with van der Waals surface area (Å²) >= 11 is 1.63. The predicted octanol–water partition coefficient (Wildman–Crippen LogP) is 4.83. The standard InChI is InChI=1S/C24H22N2O2S/c27-23-13-14-29-22-12-11-19(16-21(22)25-23)24(28)26-20(18-9-5-2-6-10-18)15-17-7-3-1-4-8-17/h1-12,16,20H,13-15H2,(H,25,27)(H,26,28). The number of rotatable bonds is 5. The maximum atomic E-state index is 13.0. The molecule has 2 N–H and O–H groups in total. The highest BCUT2D eigenvalue weighted by Crippen LogP contribution is 2.31. The molecule has 3 aromatic carbocycles. The zero-order chi connectivity index (χ0) is 20.1. The van der Waals surface area contributed by atoms with E-state index in [0.29, 0.717) is 24.1 Å². The Hall–Kier alpha value is -3.05. The molecule has 5 heteroatoms. The van der Waals surface area contributed by atoms with Crippen LogP contribution in [-0.2, 0) is 11.2 Å². The van der Waals surface area contributed by atoms with Gasteiger partial charge in [-0.25, -0.2) is 0 Å². The summed E-state index contributed by atoms with van der Waals surface area (Å²) in [6.45, 7) is 0. The van der Waals surface area contributed by atoms with Gasteiger partial charge in [-0.15, -0.1) is 11.8 Å². The summed E-state index contributed by atoms with van der Waals surface area (Å²) in [6.07, 6.45) is 1.18. The van der Waals surface area contributed by atoms with Gasteiger partial charge in [0.05, 0.1) is 11.7 Å². The molecule has 0 saturated heterocycles. The van der Waals surface area contributed by atoms with Crippen LogP contribution in [-0.4, -0.2) is 17.6 Å². The van der Waals surface area contributed by atoms with Crippen LogP contribution in [0.15, 0.2) is 83.8 Å². The number of amides is 2. The number of hydrogen-bond acceptors (Lipinski definition) is 3. The maximum Gasteiger partial charge on any atom is 0.251 e. The van der Waals surface area contributed by atoms with Gasteiger partial charge in [-0.1, -0.05) is 60.7 Å². The van der Waals surface area contributed by atoms with E-state index in [2.05, 4.69) is 22.8 Å². The van der Waals surface area contributed by atoms with Gasteiger partial charge in [-0.05, 0) is 35.7 Å². The minimum Gasteiger partial charge on any atom is -0.345 e. The van der Waals surface area contributed by atoms with Gasteiger partial charge in [0.2, 0.25) is 5.91 Å². The third-order valence-electron chi connectivity index (χ3n) is 4.89. The number of thioether (sulfide) groups is 1. The zero-order valence-corrected chi connectivity index (χ0v) is 16.7. The molecule has 146 valence electrons. The zero-order valence-electron chi connectivity index (χ0n) is 15.9. The van der Waals surface area contributed by atoms with E-state index in [1.165, 1.54) is 0 Å². The lowest BCUT2D eigenvalue weighted by Gasteiger charge is -2.20. The Bertz CT molecular complexity index is 1010. The smallest absolute Gasteiger partial charge is 0.251 e. The van der Waals surface area contributed by atoms with E-state index in [-0.39, 0.29) is 17.9 Å². The summed E-state index contributed by atoms with van der Waals surface area (Å²) in [7, 11) is 0. The second-order valence-electron chi connectivity index (χ2n) is 6.98. The highest BCUT2D eigenvalue weighted by Gasteiger charge is 2.19. The largest absolute Gasteiger partial charge is 0.345 e. The summed E-state index contributed by atoms with van der Waals surface area (Å²) in [5.41, 5.74) is 3.47. The highest BCUT2D eigenvalue weighted by atomic mass is 32.2. The molecule has 3 aromatic rings. The van der Waals surface area contributed by atoms with Crippen molar-refractivity contribution >= 4 is 29.3 Å². The van der Waals surface area contributed by atoms with Crippen LogP contribution in [0, 0.1) is 0 Å². The summed E-state index contributed by atoms with van der Waals surface area (Å²) in [5, 5.41) is 6.08. The van der Waals surface area contributed by atoms with Crippen molar-refractivity contribution in [1.29, 1.82) is 0 Å². The summed E-state index contributed by atoms with van der Waals surface area (Å²) in [4.78, 5) is 25.9. The Morgan fingerprint density at radius 3 is 2.48 bits per heavy atom. The van der Waals surface area contributed by atoms with E-state index < -0.39 is 0 Å². The van der Waals surface area contributed by atoms with Crippen molar-refractivity contribution in [1.82, 2.24) is 5.32 Å². The van der Waals surface area contributed by atoms with Crippen LogP contribution in [0.4, 0.5) is 5.69 Å². The normalized spacial score (nSPS) is 14.3. The fourth-order valence-corrected chi connectivity index (χ4v) is 4.33. The van der Waals surface area contributed by atoms with E-state index in [4.69, 9.17) is 0 Å². The first-order chi connectivity index (χ1) is 14.2. The predicted molar refractivity (Wildman–Crippen MR) is 117 cm³/mol. The molecule has 4 nitrogen and oxygen atoms in total. The Morgan fingerprint density at radius 1 is 1.00 bits per heavy atom. The Kier molecular flexibility index (Phi) is 5.96. The molecule has 4 rings (SSSR count). The molecule has 1 unspecified atom stereocenters. The molecule has 29 heavy (non-hydrogen) atoms. The summed E-state index contributed by atoms with van der Waals surface area (Å²) in [6, 6.07) is 25.5. The fraction of sp³-hybridized carbons (Fsp3) is 0.167. The van der Waals surface area contributed by atoms with E-state index in [0.717, 1.165) is 21.8 Å². The van der Waals surface area contributed by atoms with Gasteiger partial charge in [0.1, 0.15) is 0 Å². The lowest BCUT2D eigenvalue weighted by molar-refractivity contribution is -0.115. The van der Waals surface area contributed by atoms with Crippen molar-refractivity contribution < 1.29 is 9.59 Å². The van der Waals surface area contributed by atoms with Crippen LogP contribution in [0.5, 0.6) is 0 Å². The van der Waals surface area contributed by atoms with E-state index in [1.54, 1.807) is 17.8 Å². The number of fused-ring (bicyclic) bond motifs is 1. The molecule has 1 aliphatic rings. The maximum absolute atomic E-state index is 13.0. The molecule has 0 spiro atoms.